The van der Waals surface area contributed by atoms with Crippen molar-refractivity contribution in [1.82, 2.24) is 24.8 Å². The topological polar surface area (TPSA) is 73.0 Å². The number of likely N-dealkylation sites (N-methyl/N-ethyl adjacent to an activating group) is 1. The standard InChI is InChI=1S/C24H25ClFN7/c1-32-6-8-33(9-7-32)19-2-3-20-16(14-29-21(20)11-19)4-5-28-23-12-22(25)30-24(31-23)17-10-18(26)15-27-13-17/h2-3,10-15,29H,4-9H2,1H3,(H,28,30,31). The van der Waals surface area contributed by atoms with Crippen LogP contribution in [0.4, 0.5) is 15.9 Å². The number of piperazine rings is 1. The summed E-state index contributed by atoms with van der Waals surface area (Å²) in [7, 11) is 2.17. The van der Waals surface area contributed by atoms with Crippen LogP contribution in [-0.4, -0.2) is 64.6 Å². The van der Waals surface area contributed by atoms with Crippen molar-refractivity contribution >= 4 is 34.0 Å². The summed E-state index contributed by atoms with van der Waals surface area (Å²) in [4.78, 5) is 20.7. The van der Waals surface area contributed by atoms with Crippen LogP contribution in [0, 0.1) is 5.82 Å². The molecule has 0 atom stereocenters. The maximum atomic E-state index is 13.5. The van der Waals surface area contributed by atoms with Crippen molar-refractivity contribution in [2.45, 2.75) is 6.42 Å². The fourth-order valence-corrected chi connectivity index (χ4v) is 4.32. The first-order valence-electron chi connectivity index (χ1n) is 11.0. The minimum atomic E-state index is -0.444. The van der Waals surface area contributed by atoms with Crippen molar-refractivity contribution in [1.29, 1.82) is 0 Å². The Balaban J connectivity index is 1.26. The number of fused-ring (bicyclic) bond motifs is 1. The van der Waals surface area contributed by atoms with E-state index in [-0.39, 0.29) is 5.15 Å². The molecular formula is C24H25ClFN7. The van der Waals surface area contributed by atoms with Gasteiger partial charge in [-0.25, -0.2) is 14.4 Å². The summed E-state index contributed by atoms with van der Waals surface area (Å²) in [6.45, 7) is 4.94. The SMILES string of the molecule is CN1CCN(c2ccc3c(CCNc4cc(Cl)nc(-c5cncc(F)c5)n4)c[nH]c3c2)CC1. The second kappa shape index (κ2) is 9.33. The van der Waals surface area contributed by atoms with Gasteiger partial charge in [-0.2, -0.15) is 0 Å². The van der Waals surface area contributed by atoms with Gasteiger partial charge in [0, 0.05) is 73.3 Å². The number of H-pyrrole nitrogens is 1. The predicted octanol–water partition coefficient (Wildman–Crippen LogP) is 4.22. The number of nitrogens with one attached hydrogen (secondary N) is 2. The Bertz CT molecular complexity index is 1270. The second-order valence-corrected chi connectivity index (χ2v) is 8.69. The van der Waals surface area contributed by atoms with Crippen LogP contribution in [0.3, 0.4) is 0 Å². The maximum absolute atomic E-state index is 13.5. The van der Waals surface area contributed by atoms with E-state index < -0.39 is 5.82 Å². The molecule has 1 aliphatic heterocycles. The number of nitrogens with zero attached hydrogens (tertiary/aromatic N) is 5. The highest BCUT2D eigenvalue weighted by atomic mass is 35.5. The molecule has 1 saturated heterocycles. The Morgan fingerprint density at radius 3 is 2.76 bits per heavy atom. The number of halogens is 2. The van der Waals surface area contributed by atoms with Crippen LogP contribution in [0.1, 0.15) is 5.56 Å². The van der Waals surface area contributed by atoms with E-state index in [4.69, 9.17) is 11.6 Å². The molecule has 0 amide bonds. The molecule has 0 radical (unpaired) electrons. The van der Waals surface area contributed by atoms with E-state index in [0.717, 1.165) is 44.3 Å². The molecule has 7 nitrogen and oxygen atoms in total. The first-order chi connectivity index (χ1) is 16.0. The zero-order valence-corrected chi connectivity index (χ0v) is 19.1. The Morgan fingerprint density at radius 1 is 1.09 bits per heavy atom. The van der Waals surface area contributed by atoms with E-state index in [2.05, 4.69) is 66.5 Å². The summed E-state index contributed by atoms with van der Waals surface area (Å²) in [5, 5.41) is 4.82. The van der Waals surface area contributed by atoms with Gasteiger partial charge in [0.05, 0.1) is 6.20 Å². The van der Waals surface area contributed by atoms with Gasteiger partial charge in [-0.15, -0.1) is 0 Å². The lowest BCUT2D eigenvalue weighted by Gasteiger charge is -2.34. The zero-order chi connectivity index (χ0) is 22.8. The fourth-order valence-electron chi connectivity index (χ4n) is 4.14. The average molecular weight is 466 g/mol. The summed E-state index contributed by atoms with van der Waals surface area (Å²) in [6.07, 6.45) is 5.53. The minimum Gasteiger partial charge on any atom is -0.370 e. The lowest BCUT2D eigenvalue weighted by molar-refractivity contribution is 0.313. The van der Waals surface area contributed by atoms with Gasteiger partial charge >= 0.3 is 0 Å². The molecule has 0 aliphatic carbocycles. The molecule has 2 N–H and O–H groups in total. The normalized spacial score (nSPS) is 14.7. The van der Waals surface area contributed by atoms with E-state index in [9.17, 15) is 4.39 Å². The number of aromatic amines is 1. The molecule has 4 aromatic rings. The molecular weight excluding hydrogens is 441 g/mol. The average Bonchev–Trinajstić information content (AvgIpc) is 3.21. The fraction of sp³-hybridized carbons (Fsp3) is 0.292. The Kier molecular flexibility index (Phi) is 6.11. The molecule has 1 aliphatic rings. The first kappa shape index (κ1) is 21.6. The van der Waals surface area contributed by atoms with Crippen LogP contribution in [0.15, 0.2) is 48.9 Å². The number of pyridine rings is 1. The summed E-state index contributed by atoms with van der Waals surface area (Å²) in [6, 6.07) is 9.65. The Labute approximate surface area is 196 Å². The largest absolute Gasteiger partial charge is 0.370 e. The highest BCUT2D eigenvalue weighted by Gasteiger charge is 2.15. The molecule has 0 bridgehead atoms. The molecule has 4 heterocycles. The molecule has 170 valence electrons. The van der Waals surface area contributed by atoms with Crippen molar-refractivity contribution in [2.75, 3.05) is 50.0 Å². The smallest absolute Gasteiger partial charge is 0.164 e. The third kappa shape index (κ3) is 4.91. The van der Waals surface area contributed by atoms with Crippen LogP contribution in [0.5, 0.6) is 0 Å². The van der Waals surface area contributed by atoms with Gasteiger partial charge in [0.25, 0.3) is 0 Å². The Hall–Kier alpha value is -3.23. The molecule has 9 heteroatoms. The van der Waals surface area contributed by atoms with Crippen molar-refractivity contribution in [3.8, 4) is 11.4 Å². The Morgan fingerprint density at radius 2 is 1.94 bits per heavy atom. The summed E-state index contributed by atoms with van der Waals surface area (Å²) in [5.41, 5.74) is 4.12. The van der Waals surface area contributed by atoms with Crippen LogP contribution < -0.4 is 10.2 Å². The molecule has 0 saturated carbocycles. The third-order valence-electron chi connectivity index (χ3n) is 5.98. The zero-order valence-electron chi connectivity index (χ0n) is 18.4. The van der Waals surface area contributed by atoms with Crippen molar-refractivity contribution in [2.24, 2.45) is 0 Å². The van der Waals surface area contributed by atoms with Gasteiger partial charge in [-0.05, 0) is 37.2 Å². The van der Waals surface area contributed by atoms with E-state index in [1.54, 1.807) is 6.07 Å². The first-order valence-corrected chi connectivity index (χ1v) is 11.4. The lowest BCUT2D eigenvalue weighted by Crippen LogP contribution is -2.44. The second-order valence-electron chi connectivity index (χ2n) is 8.30. The van der Waals surface area contributed by atoms with Crippen molar-refractivity contribution < 1.29 is 4.39 Å². The monoisotopic (exact) mass is 465 g/mol. The van der Waals surface area contributed by atoms with Crippen molar-refractivity contribution in [3.05, 3.63) is 65.5 Å². The van der Waals surface area contributed by atoms with Crippen LogP contribution in [0.25, 0.3) is 22.3 Å². The van der Waals surface area contributed by atoms with Gasteiger partial charge in [0.15, 0.2) is 5.82 Å². The third-order valence-corrected chi connectivity index (χ3v) is 6.17. The molecule has 0 spiro atoms. The lowest BCUT2D eigenvalue weighted by atomic mass is 10.1. The van der Waals surface area contributed by atoms with Gasteiger partial charge in [0.2, 0.25) is 0 Å². The van der Waals surface area contributed by atoms with Crippen LogP contribution in [0.2, 0.25) is 5.15 Å². The molecule has 5 rings (SSSR count). The van der Waals surface area contributed by atoms with E-state index in [1.165, 1.54) is 28.9 Å². The van der Waals surface area contributed by atoms with E-state index >= 15 is 0 Å². The predicted molar refractivity (Wildman–Crippen MR) is 130 cm³/mol. The summed E-state index contributed by atoms with van der Waals surface area (Å²) >= 11 is 6.17. The quantitative estimate of drug-likeness (QED) is 0.415. The summed E-state index contributed by atoms with van der Waals surface area (Å²) in [5.74, 6) is 0.479. The highest BCUT2D eigenvalue weighted by Crippen LogP contribution is 2.26. The molecule has 33 heavy (non-hydrogen) atoms. The number of benzene rings is 1. The number of aromatic nitrogens is 4. The molecule has 3 aromatic heterocycles. The number of rotatable bonds is 6. The van der Waals surface area contributed by atoms with Crippen LogP contribution in [-0.2, 0) is 6.42 Å². The van der Waals surface area contributed by atoms with Gasteiger partial charge in [-0.1, -0.05) is 17.7 Å². The van der Waals surface area contributed by atoms with Gasteiger partial charge in [0.1, 0.15) is 16.8 Å². The van der Waals surface area contributed by atoms with Gasteiger partial charge < -0.3 is 20.1 Å². The summed E-state index contributed by atoms with van der Waals surface area (Å²) < 4.78 is 13.5. The number of anilines is 2. The number of hydrogen-bond donors (Lipinski definition) is 2. The number of hydrogen-bond acceptors (Lipinski definition) is 6. The van der Waals surface area contributed by atoms with E-state index in [0.29, 0.717) is 23.8 Å². The maximum Gasteiger partial charge on any atom is 0.164 e. The molecule has 1 fully saturated rings. The van der Waals surface area contributed by atoms with Crippen LogP contribution >= 0.6 is 11.6 Å². The molecule has 0 unspecified atom stereocenters. The molecule has 1 aromatic carbocycles. The minimum absolute atomic E-state index is 0.287. The highest BCUT2D eigenvalue weighted by molar-refractivity contribution is 6.29. The van der Waals surface area contributed by atoms with Crippen molar-refractivity contribution in [3.63, 3.8) is 0 Å². The van der Waals surface area contributed by atoms with E-state index in [1.807, 2.05) is 0 Å². The van der Waals surface area contributed by atoms with Gasteiger partial charge in [-0.3, -0.25) is 4.98 Å².